The quantitative estimate of drug-likeness (QED) is 0.0540. The van der Waals surface area contributed by atoms with Gasteiger partial charge < -0.3 is 39.1 Å². The van der Waals surface area contributed by atoms with E-state index in [1.165, 1.54) is 116 Å². The van der Waals surface area contributed by atoms with E-state index in [-0.39, 0.29) is 24.8 Å². The van der Waals surface area contributed by atoms with Crippen LogP contribution in [0.2, 0.25) is 0 Å². The average molecular weight is 699 g/mol. The fourth-order valence-electron chi connectivity index (χ4n) is 6.76. The van der Waals surface area contributed by atoms with Gasteiger partial charge in [-0.2, -0.15) is 0 Å². The molecule has 2 saturated heterocycles. The molecule has 0 bridgehead atoms. The van der Waals surface area contributed by atoms with Gasteiger partial charge in [0, 0.05) is 26.3 Å². The number of esters is 1. The molecule has 0 saturated carbocycles. The maximum absolute atomic E-state index is 13.0. The number of nitrogens with two attached hydrogens (primary N) is 1. The van der Waals surface area contributed by atoms with Crippen molar-refractivity contribution in [3.05, 3.63) is 0 Å². The molecule has 290 valence electrons. The summed E-state index contributed by atoms with van der Waals surface area (Å²) in [5.74, 6) is -0.354. The van der Waals surface area contributed by atoms with Crippen molar-refractivity contribution in [2.24, 2.45) is 5.73 Å². The van der Waals surface area contributed by atoms with E-state index in [1.807, 2.05) is 7.05 Å². The molecule has 0 radical (unpaired) electrons. The predicted molar refractivity (Wildman–Crippen MR) is 199 cm³/mol. The summed E-state index contributed by atoms with van der Waals surface area (Å²) in [6, 6.07) is 0. The summed E-state index contributed by atoms with van der Waals surface area (Å²) < 4.78 is 36.0. The minimum Gasteiger partial charge on any atom is -0.461 e. The van der Waals surface area contributed by atoms with Gasteiger partial charge in [0.15, 0.2) is 0 Å². The number of hydrogen-bond acceptors (Lipinski definition) is 9. The Labute approximate surface area is 301 Å². The van der Waals surface area contributed by atoms with Crippen LogP contribution in [0.15, 0.2) is 0 Å². The number of hydrogen-bond donors (Lipinski definition) is 1. The third-order valence-corrected chi connectivity index (χ3v) is 10.3. The lowest BCUT2D eigenvalue weighted by Crippen LogP contribution is -2.56. The van der Waals surface area contributed by atoms with Crippen molar-refractivity contribution in [3.8, 4) is 0 Å². The van der Waals surface area contributed by atoms with Crippen LogP contribution in [0.3, 0.4) is 0 Å². The number of nitrogens with zero attached hydrogens (tertiary/aromatic N) is 1. The van der Waals surface area contributed by atoms with Crippen LogP contribution in [0.25, 0.3) is 0 Å². The lowest BCUT2D eigenvalue weighted by Gasteiger charge is -2.35. The molecule has 2 N–H and O–H groups in total. The van der Waals surface area contributed by atoms with Crippen LogP contribution in [-0.2, 0) is 33.2 Å². The van der Waals surface area contributed by atoms with E-state index in [4.69, 9.17) is 34.2 Å². The molecule has 2 fully saturated rings. The zero-order chi connectivity index (χ0) is 35.3. The minimum atomic E-state index is -0.939. The molecule has 9 heteroatoms. The number of carbonyl (C=O) groups excluding carboxylic acids is 1. The maximum Gasteiger partial charge on any atom is 0.326 e. The minimum absolute atomic E-state index is 0.104. The summed E-state index contributed by atoms with van der Waals surface area (Å²) in [6.45, 7) is 10.1. The fraction of sp³-hybridized carbons (Fsp3) is 0.975. The average Bonchev–Trinajstić information content (AvgIpc) is 3.49. The van der Waals surface area contributed by atoms with Crippen molar-refractivity contribution in [2.75, 3.05) is 73.0 Å². The molecule has 49 heavy (non-hydrogen) atoms. The standard InChI is InChI=1S/C40H78N2O7/c1-4-6-8-10-12-14-16-18-20-22-28-44-30-32-46-36-34-48-37(35-49-39(43)40(41)24-26-42(3)27-25-40)38(36)47-33-31-45-29-23-21-19-17-15-13-11-9-7-5-2/h36-38H,4-35,41H2,1-3H3/t36-,37+,38+/m0/s1. The van der Waals surface area contributed by atoms with E-state index in [2.05, 4.69) is 18.7 Å². The molecule has 0 amide bonds. The number of carbonyl (C=O) groups is 1. The first-order valence-corrected chi connectivity index (χ1v) is 20.6. The Morgan fingerprint density at radius 1 is 0.653 bits per heavy atom. The zero-order valence-electron chi connectivity index (χ0n) is 32.2. The topological polar surface area (TPSA) is 102 Å². The fourth-order valence-corrected chi connectivity index (χ4v) is 6.76. The number of likely N-dealkylation sites (tertiary alicyclic amines) is 1. The first-order valence-electron chi connectivity index (χ1n) is 20.6. The van der Waals surface area contributed by atoms with Gasteiger partial charge in [-0.15, -0.1) is 0 Å². The number of rotatable bonds is 33. The maximum atomic E-state index is 13.0. The molecule has 0 aromatic carbocycles. The van der Waals surface area contributed by atoms with E-state index < -0.39 is 11.6 Å². The first kappa shape index (κ1) is 44.4. The van der Waals surface area contributed by atoms with Crippen LogP contribution >= 0.6 is 0 Å². The third-order valence-electron chi connectivity index (χ3n) is 10.3. The number of ether oxygens (including phenoxy) is 6. The number of unbranched alkanes of at least 4 members (excludes halogenated alkanes) is 18. The van der Waals surface area contributed by atoms with Gasteiger partial charge in [-0.3, -0.25) is 4.79 Å². The largest absolute Gasteiger partial charge is 0.461 e. The Morgan fingerprint density at radius 2 is 1.10 bits per heavy atom. The van der Waals surface area contributed by atoms with Gasteiger partial charge in [0.25, 0.3) is 0 Å². The number of piperidine rings is 1. The second-order valence-corrected chi connectivity index (χ2v) is 14.8. The summed E-state index contributed by atoms with van der Waals surface area (Å²) >= 11 is 0. The van der Waals surface area contributed by atoms with Crippen LogP contribution in [0, 0.1) is 0 Å². The second-order valence-electron chi connectivity index (χ2n) is 14.8. The highest BCUT2D eigenvalue weighted by molar-refractivity contribution is 5.80. The van der Waals surface area contributed by atoms with Gasteiger partial charge in [0.05, 0.1) is 33.0 Å². The summed E-state index contributed by atoms with van der Waals surface area (Å²) in [4.78, 5) is 15.1. The molecule has 0 aromatic rings. The molecule has 2 aliphatic rings. The smallest absolute Gasteiger partial charge is 0.326 e. The van der Waals surface area contributed by atoms with Gasteiger partial charge in [-0.25, -0.2) is 0 Å². The van der Waals surface area contributed by atoms with Crippen molar-refractivity contribution in [1.29, 1.82) is 0 Å². The summed E-state index contributed by atoms with van der Waals surface area (Å²) in [6.07, 6.45) is 26.5. The lowest BCUT2D eigenvalue weighted by molar-refractivity contribution is -0.158. The lowest BCUT2D eigenvalue weighted by atomic mass is 9.89. The van der Waals surface area contributed by atoms with Gasteiger partial charge in [-0.05, 0) is 32.7 Å². The summed E-state index contributed by atoms with van der Waals surface area (Å²) in [7, 11) is 2.05. The Bertz CT molecular complexity index is 765. The Kier molecular flexibility index (Phi) is 26.9. The molecule has 0 aliphatic carbocycles. The first-order chi connectivity index (χ1) is 24.0. The predicted octanol–water partition coefficient (Wildman–Crippen LogP) is 8.00. The summed E-state index contributed by atoms with van der Waals surface area (Å²) in [5, 5.41) is 0. The highest BCUT2D eigenvalue weighted by Gasteiger charge is 2.42. The molecular weight excluding hydrogens is 620 g/mol. The molecule has 0 spiro atoms. The van der Waals surface area contributed by atoms with Crippen LogP contribution in [0.5, 0.6) is 0 Å². The van der Waals surface area contributed by atoms with Gasteiger partial charge in [0.1, 0.15) is 30.5 Å². The molecule has 9 nitrogen and oxygen atoms in total. The molecular formula is C40H78N2O7. The highest BCUT2D eigenvalue weighted by Crippen LogP contribution is 2.24. The monoisotopic (exact) mass is 699 g/mol. The summed E-state index contributed by atoms with van der Waals surface area (Å²) in [5.41, 5.74) is 5.50. The van der Waals surface area contributed by atoms with E-state index in [1.54, 1.807) is 0 Å². The molecule has 2 rings (SSSR count). The van der Waals surface area contributed by atoms with E-state index in [0.29, 0.717) is 45.9 Å². The molecule has 3 atom stereocenters. The third kappa shape index (κ3) is 21.3. The van der Waals surface area contributed by atoms with Crippen molar-refractivity contribution >= 4 is 5.97 Å². The van der Waals surface area contributed by atoms with Crippen LogP contribution < -0.4 is 5.73 Å². The van der Waals surface area contributed by atoms with Gasteiger partial charge in [0.2, 0.25) is 0 Å². The molecule has 2 heterocycles. The molecule has 0 aromatic heterocycles. The van der Waals surface area contributed by atoms with Crippen molar-refractivity contribution in [2.45, 2.75) is 179 Å². The van der Waals surface area contributed by atoms with Crippen molar-refractivity contribution < 1.29 is 33.2 Å². The second kappa shape index (κ2) is 29.7. The molecule has 2 aliphatic heterocycles. The van der Waals surface area contributed by atoms with Gasteiger partial charge >= 0.3 is 5.97 Å². The molecule has 0 unspecified atom stereocenters. The Hall–Kier alpha value is -0.810. The van der Waals surface area contributed by atoms with Crippen LogP contribution in [0.1, 0.15) is 155 Å². The highest BCUT2D eigenvalue weighted by atomic mass is 16.6. The van der Waals surface area contributed by atoms with Crippen molar-refractivity contribution in [1.82, 2.24) is 4.90 Å². The van der Waals surface area contributed by atoms with E-state index in [9.17, 15) is 4.79 Å². The SMILES string of the molecule is CCCCCCCCCCCCOCCO[C@@H]1[C@@H](OCCOCCCCCCCCCCCC)CO[C@@H]1COC(=O)C1(N)CCN(C)CC1. The van der Waals surface area contributed by atoms with E-state index in [0.717, 1.165) is 39.1 Å². The zero-order valence-corrected chi connectivity index (χ0v) is 32.2. The normalized spacial score (nSPS) is 21.0. The van der Waals surface area contributed by atoms with Crippen LogP contribution in [-0.4, -0.2) is 108 Å². The Morgan fingerprint density at radius 3 is 1.59 bits per heavy atom. The van der Waals surface area contributed by atoms with E-state index >= 15 is 0 Å². The van der Waals surface area contributed by atoms with Gasteiger partial charge in [-0.1, -0.05) is 129 Å². The van der Waals surface area contributed by atoms with Crippen molar-refractivity contribution in [3.63, 3.8) is 0 Å². The van der Waals surface area contributed by atoms with Crippen LogP contribution in [0.4, 0.5) is 0 Å². The Balaban J connectivity index is 1.62.